The Kier molecular flexibility index (Phi) is 44.3. The summed E-state index contributed by atoms with van der Waals surface area (Å²) in [7, 11) is 0. The molecule has 0 unspecified atom stereocenters. The molecule has 0 aliphatic heterocycles. The summed E-state index contributed by atoms with van der Waals surface area (Å²) in [6.45, 7) is 0. The molecule has 0 bridgehead atoms. The van der Waals surface area contributed by atoms with Crippen molar-refractivity contribution in [2.75, 3.05) is 0 Å². The Morgan fingerprint density at radius 1 is 0.474 bits per heavy atom. The molecule has 0 saturated heterocycles. The molecule has 0 fully saturated rings. The van der Waals surface area contributed by atoms with Crippen molar-refractivity contribution in [2.24, 2.45) is 0 Å². The molecular formula is As2O14U3. The standard InChI is InChI=1S/2AsH3O4.6O.3U/c2*2-1(3,4)5;;;;;;;;;/h2*(H3,2,3,4,5);;;;;;;;;/q;;;;;;;;3*+2/p-6. The van der Waals surface area contributed by atoms with Gasteiger partial charge >= 0.3 is 158 Å². The summed E-state index contributed by atoms with van der Waals surface area (Å²) >= 11 is -19.3. The van der Waals surface area contributed by atoms with Gasteiger partial charge in [0.25, 0.3) is 0 Å². The zero-order valence-electron chi connectivity index (χ0n) is 8.11. The summed E-state index contributed by atoms with van der Waals surface area (Å²) in [6.07, 6.45) is 0. The summed E-state index contributed by atoms with van der Waals surface area (Å²) in [5.41, 5.74) is 0. The summed E-state index contributed by atoms with van der Waals surface area (Å²) < 4.78 is 120. The van der Waals surface area contributed by atoms with Crippen molar-refractivity contribution in [2.45, 2.75) is 0 Å². The molecule has 0 N–H and O–H groups in total. The molecule has 0 saturated carbocycles. The predicted octanol–water partition coefficient (Wildman–Crippen LogP) is -8.85. The Morgan fingerprint density at radius 3 is 0.474 bits per heavy atom. The van der Waals surface area contributed by atoms with E-state index in [4.69, 9.17) is 45.5 Å². The van der Waals surface area contributed by atoms with Crippen molar-refractivity contribution in [3.05, 3.63) is 0 Å². The van der Waals surface area contributed by atoms with Crippen LogP contribution in [0.3, 0.4) is 0 Å². The van der Waals surface area contributed by atoms with Crippen LogP contribution in [0.2, 0.25) is 0 Å². The Bertz CT molecular complexity index is 300. The van der Waals surface area contributed by atoms with Crippen LogP contribution in [0, 0.1) is 83.5 Å². The van der Waals surface area contributed by atoms with Crippen LogP contribution < -0.4 is 24.6 Å². The first-order valence-corrected chi connectivity index (χ1v) is 19.0. The molecule has 0 aliphatic carbocycles. The topological polar surface area (TPSA) is 275 Å². The van der Waals surface area contributed by atoms with E-state index < -0.39 is 112 Å². The molecule has 0 aromatic heterocycles. The molecule has 19 heteroatoms. The van der Waals surface area contributed by atoms with Crippen molar-refractivity contribution >= 4 is 29.0 Å². The van der Waals surface area contributed by atoms with E-state index in [1.807, 2.05) is 0 Å². The van der Waals surface area contributed by atoms with Gasteiger partial charge in [0, 0.05) is 0 Å². The molecule has 0 heterocycles. The second-order valence-corrected chi connectivity index (χ2v) is 6.98. The molecule has 0 atom stereocenters. The maximum absolute atomic E-state index is 8.61. The number of rotatable bonds is 0. The van der Waals surface area contributed by atoms with Crippen LogP contribution in [-0.2, 0) is 20.9 Å². The molecule has 0 amide bonds. The van der Waals surface area contributed by atoms with Crippen molar-refractivity contribution < 1.29 is 129 Å². The second kappa shape index (κ2) is 25.4. The van der Waals surface area contributed by atoms with Crippen molar-refractivity contribution in [3.8, 4) is 0 Å². The van der Waals surface area contributed by atoms with Crippen molar-refractivity contribution in [3.63, 3.8) is 0 Å². The van der Waals surface area contributed by atoms with Gasteiger partial charge in [0.2, 0.25) is 0 Å². The van der Waals surface area contributed by atoms with Gasteiger partial charge in [-0.2, -0.15) is 0 Å². The summed E-state index contributed by atoms with van der Waals surface area (Å²) in [4.78, 5) is 0. The molecule has 0 aromatic carbocycles. The average Bonchev–Trinajstić information content (AvgIpc) is 1.99. The second-order valence-electron chi connectivity index (χ2n) is 1.14. The minimum absolute atomic E-state index is 2.51. The van der Waals surface area contributed by atoms with Crippen molar-refractivity contribution in [1.82, 2.24) is 0 Å². The average molecular weight is 1090 g/mol. The molecule has 0 aromatic rings. The Balaban J connectivity index is -0.0000000442. The minimum atomic E-state index is -5.88. The molecule has 0 rings (SSSR count). The van der Waals surface area contributed by atoms with Gasteiger partial charge in [-0.05, 0) is 0 Å². The fraction of sp³-hybridized carbons (Fsp3) is 0. The van der Waals surface area contributed by atoms with E-state index in [0.29, 0.717) is 0 Å². The Labute approximate surface area is 155 Å². The van der Waals surface area contributed by atoms with Crippen LogP contribution in [0.5, 0.6) is 0 Å². The van der Waals surface area contributed by atoms with E-state index in [2.05, 4.69) is 0 Å². The van der Waals surface area contributed by atoms with Crippen LogP contribution in [0.4, 0.5) is 0 Å². The van der Waals surface area contributed by atoms with Crippen LogP contribution in [0.1, 0.15) is 0 Å². The Hall–Kier alpha value is 2.43. The van der Waals surface area contributed by atoms with Gasteiger partial charge in [-0.3, -0.25) is 0 Å². The van der Waals surface area contributed by atoms with Gasteiger partial charge in [0.1, 0.15) is 0 Å². The number of hydrogen-bond donors (Lipinski definition) is 0. The fourth-order valence-corrected chi connectivity index (χ4v) is 0. The third-order valence-corrected chi connectivity index (χ3v) is 0. The summed E-state index contributed by atoms with van der Waals surface area (Å²) in [5.74, 6) is 0. The first kappa shape index (κ1) is 33.1. The molecule has 14 nitrogen and oxygen atoms in total. The predicted molar refractivity (Wildman–Crippen MR) is 17.0 cm³/mol. The summed E-state index contributed by atoms with van der Waals surface area (Å²) in [6, 6.07) is 0. The van der Waals surface area contributed by atoms with E-state index in [-0.39, 0.29) is 0 Å². The normalized spacial score (nSPS) is 7.47. The first-order valence-electron chi connectivity index (χ1n) is 2.69. The third kappa shape index (κ3) is 1170. The zero-order valence-corrected chi connectivity index (χ0v) is 24.4. The van der Waals surface area contributed by atoms with Gasteiger partial charge < -0.3 is 0 Å². The van der Waals surface area contributed by atoms with E-state index in [1.54, 1.807) is 0 Å². The first-order chi connectivity index (χ1) is 8.24. The molecule has 0 radical (unpaired) electrons. The molecule has 0 aliphatic rings. The molecule has 106 valence electrons. The van der Waals surface area contributed by atoms with Gasteiger partial charge in [0.05, 0.1) is 0 Å². The van der Waals surface area contributed by atoms with Crippen LogP contribution in [-0.4, -0.2) is 29.0 Å². The van der Waals surface area contributed by atoms with E-state index >= 15 is 0 Å². The number of hydrogen-bond acceptors (Lipinski definition) is 14. The quantitative estimate of drug-likeness (QED) is 0.204. The van der Waals surface area contributed by atoms with E-state index in [0.717, 1.165) is 0 Å². The monoisotopic (exact) mass is 1090 g/mol. The van der Waals surface area contributed by atoms with Crippen molar-refractivity contribution in [1.29, 1.82) is 0 Å². The maximum atomic E-state index is 8.61. The van der Waals surface area contributed by atoms with E-state index in [1.165, 1.54) is 0 Å². The molecule has 19 heavy (non-hydrogen) atoms. The molecular weight excluding hydrogens is 1090 g/mol. The van der Waals surface area contributed by atoms with Crippen LogP contribution in [0.15, 0.2) is 0 Å². The van der Waals surface area contributed by atoms with Gasteiger partial charge in [0.15, 0.2) is 0 Å². The summed E-state index contributed by atoms with van der Waals surface area (Å²) in [5, 5.41) is 0. The Morgan fingerprint density at radius 2 is 0.474 bits per heavy atom. The van der Waals surface area contributed by atoms with E-state index in [9.17, 15) is 0 Å². The van der Waals surface area contributed by atoms with Gasteiger partial charge in [-0.25, -0.2) is 0 Å². The van der Waals surface area contributed by atoms with Gasteiger partial charge in [-0.1, -0.05) is 0 Å². The van der Waals surface area contributed by atoms with Crippen LogP contribution in [0.25, 0.3) is 0 Å². The SMILES string of the molecule is O=[As]([O-])([O-])[O-].O=[As]([O-])([O-])[O-].[O]=[U+2]=[O].[O]=[U+2]=[O].[O]=[U+2]=[O]. The molecule has 0 spiro atoms. The van der Waals surface area contributed by atoms with Crippen LogP contribution >= 0.6 is 0 Å². The zero-order chi connectivity index (χ0) is 17.1. The van der Waals surface area contributed by atoms with Gasteiger partial charge in [-0.15, -0.1) is 0 Å². The third-order valence-electron chi connectivity index (χ3n) is 0. The fourth-order valence-electron chi connectivity index (χ4n) is 0.